The van der Waals surface area contributed by atoms with Crippen LogP contribution in [0.1, 0.15) is 26.3 Å². The highest BCUT2D eigenvalue weighted by atomic mass is 79.9. The van der Waals surface area contributed by atoms with E-state index in [1.807, 2.05) is 25.1 Å². The Hall–Kier alpha value is -3.12. The number of carbonyl (C=O) groups is 2. The Kier molecular flexibility index (Phi) is 6.11. The average Bonchev–Trinajstić information content (AvgIpc) is 2.70. The molecule has 0 atom stereocenters. The molecule has 0 aliphatic heterocycles. The third-order valence-electron chi connectivity index (χ3n) is 4.21. The number of hydrogen-bond acceptors (Lipinski definition) is 3. The van der Waals surface area contributed by atoms with E-state index >= 15 is 0 Å². The maximum absolute atomic E-state index is 12.8. The molecule has 0 aromatic heterocycles. The average molecular weight is 439 g/mol. The topological polar surface area (TPSA) is 67.4 Å². The molecule has 0 fully saturated rings. The minimum Gasteiger partial charge on any atom is -0.497 e. The Morgan fingerprint density at radius 3 is 2.21 bits per heavy atom. The van der Waals surface area contributed by atoms with Gasteiger partial charge in [-0.3, -0.25) is 9.59 Å². The summed E-state index contributed by atoms with van der Waals surface area (Å²) in [5.41, 5.74) is 2.94. The Balaban J connectivity index is 1.80. The van der Waals surface area contributed by atoms with Crippen LogP contribution in [0.4, 0.5) is 11.4 Å². The minimum absolute atomic E-state index is 0.295. The fraction of sp³-hybridized carbons (Fsp3) is 0.0909. The van der Waals surface area contributed by atoms with Crippen LogP contribution < -0.4 is 15.4 Å². The van der Waals surface area contributed by atoms with E-state index in [4.69, 9.17) is 4.74 Å². The summed E-state index contributed by atoms with van der Waals surface area (Å²) >= 11 is 3.41. The molecule has 0 saturated carbocycles. The van der Waals surface area contributed by atoms with Gasteiger partial charge in [-0.1, -0.05) is 28.1 Å². The molecular weight excluding hydrogens is 420 g/mol. The van der Waals surface area contributed by atoms with Gasteiger partial charge in [0, 0.05) is 15.7 Å². The maximum atomic E-state index is 12.8. The quantitative estimate of drug-likeness (QED) is 0.569. The molecule has 0 aliphatic carbocycles. The van der Waals surface area contributed by atoms with Gasteiger partial charge >= 0.3 is 0 Å². The first-order chi connectivity index (χ1) is 13.5. The van der Waals surface area contributed by atoms with Crippen molar-refractivity contribution in [2.24, 2.45) is 0 Å². The number of aryl methyl sites for hydroxylation is 1. The number of methoxy groups -OCH3 is 1. The highest BCUT2D eigenvalue weighted by Gasteiger charge is 2.15. The molecule has 0 unspecified atom stereocenters. The van der Waals surface area contributed by atoms with Crippen molar-refractivity contribution in [2.75, 3.05) is 17.7 Å². The lowest BCUT2D eigenvalue weighted by atomic mass is 10.1. The second-order valence-corrected chi connectivity index (χ2v) is 7.06. The van der Waals surface area contributed by atoms with Gasteiger partial charge < -0.3 is 15.4 Å². The van der Waals surface area contributed by atoms with Crippen molar-refractivity contribution in [3.05, 3.63) is 87.9 Å². The molecule has 142 valence electrons. The van der Waals surface area contributed by atoms with Gasteiger partial charge in [-0.2, -0.15) is 0 Å². The van der Waals surface area contributed by atoms with Crippen LogP contribution in [-0.4, -0.2) is 18.9 Å². The number of amides is 2. The van der Waals surface area contributed by atoms with Crippen molar-refractivity contribution in [2.45, 2.75) is 6.92 Å². The predicted octanol–water partition coefficient (Wildman–Crippen LogP) is 5.27. The molecule has 2 amide bonds. The van der Waals surface area contributed by atoms with Crippen LogP contribution in [0, 0.1) is 6.92 Å². The van der Waals surface area contributed by atoms with E-state index in [0.29, 0.717) is 28.3 Å². The molecule has 6 heteroatoms. The summed E-state index contributed by atoms with van der Waals surface area (Å²) < 4.78 is 6.04. The Bertz CT molecular complexity index is 1020. The van der Waals surface area contributed by atoms with Gasteiger partial charge in [0.25, 0.3) is 11.8 Å². The van der Waals surface area contributed by atoms with Gasteiger partial charge in [-0.25, -0.2) is 0 Å². The standard InChI is InChI=1S/C22H19BrN2O3/c1-14-13-16(23)9-12-19(14)24-22(27)18-5-3-4-6-20(18)25-21(26)15-7-10-17(28-2)11-8-15/h3-13H,1-2H3,(H,24,27)(H,25,26). The van der Waals surface area contributed by atoms with E-state index in [9.17, 15) is 9.59 Å². The second kappa shape index (κ2) is 8.71. The molecule has 3 aromatic rings. The summed E-state index contributed by atoms with van der Waals surface area (Å²) in [4.78, 5) is 25.3. The van der Waals surface area contributed by atoms with Crippen LogP contribution >= 0.6 is 15.9 Å². The Morgan fingerprint density at radius 2 is 1.54 bits per heavy atom. The van der Waals surface area contributed by atoms with E-state index in [1.165, 1.54) is 0 Å². The first kappa shape index (κ1) is 19.6. The van der Waals surface area contributed by atoms with Gasteiger partial charge in [-0.05, 0) is 67.1 Å². The minimum atomic E-state index is -0.303. The molecule has 0 heterocycles. The number of benzene rings is 3. The number of nitrogens with one attached hydrogen (secondary N) is 2. The fourth-order valence-electron chi connectivity index (χ4n) is 2.68. The largest absolute Gasteiger partial charge is 0.497 e. The van der Waals surface area contributed by atoms with Gasteiger partial charge in [-0.15, -0.1) is 0 Å². The van der Waals surface area contributed by atoms with Crippen molar-refractivity contribution in [1.29, 1.82) is 0 Å². The van der Waals surface area contributed by atoms with Crippen molar-refractivity contribution < 1.29 is 14.3 Å². The van der Waals surface area contributed by atoms with Crippen molar-refractivity contribution >= 4 is 39.1 Å². The first-order valence-electron chi connectivity index (χ1n) is 8.60. The van der Waals surface area contributed by atoms with Crippen LogP contribution in [0.3, 0.4) is 0 Å². The normalized spacial score (nSPS) is 10.2. The zero-order chi connectivity index (χ0) is 20.1. The van der Waals surface area contributed by atoms with Crippen molar-refractivity contribution in [3.8, 4) is 5.75 Å². The summed E-state index contributed by atoms with van der Waals surface area (Å²) in [5, 5.41) is 5.70. The molecule has 0 radical (unpaired) electrons. The third-order valence-corrected chi connectivity index (χ3v) is 4.70. The molecule has 3 aromatic carbocycles. The molecule has 28 heavy (non-hydrogen) atoms. The van der Waals surface area contributed by atoms with E-state index in [0.717, 1.165) is 10.0 Å². The molecule has 0 spiro atoms. The highest BCUT2D eigenvalue weighted by molar-refractivity contribution is 9.10. The van der Waals surface area contributed by atoms with Crippen molar-refractivity contribution in [1.82, 2.24) is 0 Å². The molecule has 0 bridgehead atoms. The molecular formula is C22H19BrN2O3. The fourth-order valence-corrected chi connectivity index (χ4v) is 3.16. The van der Waals surface area contributed by atoms with Gasteiger partial charge in [0.05, 0.1) is 18.4 Å². The van der Waals surface area contributed by atoms with Gasteiger partial charge in [0.1, 0.15) is 5.75 Å². The van der Waals surface area contributed by atoms with Crippen molar-refractivity contribution in [3.63, 3.8) is 0 Å². The summed E-state index contributed by atoms with van der Waals surface area (Å²) in [5.74, 6) is 0.0694. The van der Waals surface area contributed by atoms with Gasteiger partial charge in [0.2, 0.25) is 0 Å². The summed E-state index contributed by atoms with van der Waals surface area (Å²) in [6, 6.07) is 19.3. The van der Waals surface area contributed by atoms with Crippen LogP contribution in [-0.2, 0) is 0 Å². The summed E-state index contributed by atoms with van der Waals surface area (Å²) in [6.45, 7) is 1.91. The number of carbonyl (C=O) groups excluding carboxylic acids is 2. The van der Waals surface area contributed by atoms with E-state index in [1.54, 1.807) is 55.6 Å². The molecule has 0 aliphatic rings. The van der Waals surface area contributed by atoms with E-state index in [-0.39, 0.29) is 11.8 Å². The Labute approximate surface area is 171 Å². The zero-order valence-corrected chi connectivity index (χ0v) is 17.0. The van der Waals surface area contributed by atoms with E-state index < -0.39 is 0 Å². The van der Waals surface area contributed by atoms with Crippen LogP contribution in [0.25, 0.3) is 0 Å². The number of anilines is 2. The first-order valence-corrected chi connectivity index (χ1v) is 9.39. The number of para-hydroxylation sites is 1. The molecule has 3 rings (SSSR count). The van der Waals surface area contributed by atoms with Gasteiger partial charge in [0.15, 0.2) is 0 Å². The second-order valence-electron chi connectivity index (χ2n) is 6.14. The van der Waals surface area contributed by atoms with Crippen LogP contribution in [0.5, 0.6) is 5.75 Å². The lowest BCUT2D eigenvalue weighted by molar-refractivity contribution is 0.102. The summed E-state index contributed by atoms with van der Waals surface area (Å²) in [6.07, 6.45) is 0. The molecule has 2 N–H and O–H groups in total. The number of ether oxygens (including phenoxy) is 1. The highest BCUT2D eigenvalue weighted by Crippen LogP contribution is 2.23. The lowest BCUT2D eigenvalue weighted by Crippen LogP contribution is -2.18. The third kappa shape index (κ3) is 4.58. The van der Waals surface area contributed by atoms with Crippen LogP contribution in [0.2, 0.25) is 0 Å². The lowest BCUT2D eigenvalue weighted by Gasteiger charge is -2.13. The van der Waals surface area contributed by atoms with Crippen LogP contribution in [0.15, 0.2) is 71.2 Å². The smallest absolute Gasteiger partial charge is 0.257 e. The predicted molar refractivity (Wildman–Crippen MR) is 114 cm³/mol. The molecule has 5 nitrogen and oxygen atoms in total. The SMILES string of the molecule is COc1ccc(C(=O)Nc2ccccc2C(=O)Nc2ccc(Br)cc2C)cc1. The number of hydrogen-bond donors (Lipinski definition) is 2. The number of halogens is 1. The number of rotatable bonds is 5. The monoisotopic (exact) mass is 438 g/mol. The Morgan fingerprint density at radius 1 is 0.857 bits per heavy atom. The maximum Gasteiger partial charge on any atom is 0.257 e. The zero-order valence-electron chi connectivity index (χ0n) is 15.5. The van der Waals surface area contributed by atoms with E-state index in [2.05, 4.69) is 26.6 Å². The molecule has 0 saturated heterocycles. The summed E-state index contributed by atoms with van der Waals surface area (Å²) in [7, 11) is 1.57.